The van der Waals surface area contributed by atoms with Gasteiger partial charge in [-0.25, -0.2) is 13.4 Å². The van der Waals surface area contributed by atoms with Crippen LogP contribution in [0.5, 0.6) is 0 Å². The minimum absolute atomic E-state index is 0.137. The Bertz CT molecular complexity index is 1300. The molecule has 12 heteroatoms. The zero-order valence-corrected chi connectivity index (χ0v) is 18.3. The minimum atomic E-state index is -3.57. The molecule has 11 nitrogen and oxygen atoms in total. The summed E-state index contributed by atoms with van der Waals surface area (Å²) < 4.78 is 24.9. The second-order valence-electron chi connectivity index (χ2n) is 7.11. The number of nitro groups is 1. The number of carbonyl (C=O) groups is 1. The van der Waals surface area contributed by atoms with Crippen molar-refractivity contribution in [2.24, 2.45) is 7.05 Å². The van der Waals surface area contributed by atoms with Crippen LogP contribution in [0.15, 0.2) is 29.2 Å². The van der Waals surface area contributed by atoms with E-state index in [4.69, 9.17) is 0 Å². The van der Waals surface area contributed by atoms with Crippen LogP contribution < -0.4 is 10.6 Å². The molecule has 3 rings (SSSR count). The fourth-order valence-electron chi connectivity index (χ4n) is 3.26. The predicted molar refractivity (Wildman–Crippen MR) is 115 cm³/mol. The van der Waals surface area contributed by atoms with Gasteiger partial charge in [0.15, 0.2) is 15.5 Å². The normalized spacial score (nSPS) is 11.5. The summed E-state index contributed by atoms with van der Waals surface area (Å²) >= 11 is 0. The molecule has 1 amide bonds. The third kappa shape index (κ3) is 4.63. The molecule has 164 valence electrons. The molecule has 0 aliphatic carbocycles. The van der Waals surface area contributed by atoms with E-state index in [1.807, 2.05) is 0 Å². The first-order valence-electron chi connectivity index (χ1n) is 9.30. The Morgan fingerprint density at radius 3 is 2.58 bits per heavy atom. The first-order chi connectivity index (χ1) is 14.5. The average molecular weight is 446 g/mol. The number of aromatic nitrogens is 3. The Kier molecular flexibility index (Phi) is 5.93. The van der Waals surface area contributed by atoms with Gasteiger partial charge in [0.05, 0.1) is 26.5 Å². The number of aryl methyl sites for hydroxylation is 3. The summed E-state index contributed by atoms with van der Waals surface area (Å²) in [4.78, 5) is 27.7. The van der Waals surface area contributed by atoms with Crippen LogP contribution in [0.3, 0.4) is 0 Å². The van der Waals surface area contributed by atoms with Crippen molar-refractivity contribution in [3.63, 3.8) is 0 Å². The van der Waals surface area contributed by atoms with Crippen LogP contribution in [-0.4, -0.2) is 53.4 Å². The fourth-order valence-corrected chi connectivity index (χ4v) is 3.90. The number of fused-ring (bicyclic) bond motifs is 1. The molecule has 0 atom stereocenters. The van der Waals surface area contributed by atoms with E-state index < -0.39 is 14.8 Å². The van der Waals surface area contributed by atoms with E-state index in [1.165, 1.54) is 12.1 Å². The fraction of sp³-hybridized carbons (Fsp3) is 0.316. The highest BCUT2D eigenvalue weighted by Gasteiger charge is 2.19. The number of rotatable bonds is 7. The zero-order valence-electron chi connectivity index (χ0n) is 17.5. The average Bonchev–Trinajstić information content (AvgIpc) is 2.97. The number of nitrogens with one attached hydrogen (secondary N) is 2. The SMILES string of the molecule is Cc1cc(C(=O)NCCNc2ccc(S(C)(=O)=O)cc2[N+](=O)[O-])c2c(C)nn(C)c2n1. The van der Waals surface area contributed by atoms with Crippen molar-refractivity contribution < 1.29 is 18.1 Å². The minimum Gasteiger partial charge on any atom is -0.378 e. The molecule has 2 heterocycles. The molecule has 0 saturated heterocycles. The van der Waals surface area contributed by atoms with E-state index in [9.17, 15) is 23.3 Å². The maximum atomic E-state index is 12.7. The van der Waals surface area contributed by atoms with E-state index in [0.717, 1.165) is 12.3 Å². The largest absolute Gasteiger partial charge is 0.378 e. The third-order valence-electron chi connectivity index (χ3n) is 4.66. The Labute approximate surface area is 178 Å². The van der Waals surface area contributed by atoms with Crippen LogP contribution in [0, 0.1) is 24.0 Å². The van der Waals surface area contributed by atoms with Gasteiger partial charge in [0.2, 0.25) is 0 Å². The molecule has 0 radical (unpaired) electrons. The van der Waals surface area contributed by atoms with Gasteiger partial charge in [-0.3, -0.25) is 19.6 Å². The third-order valence-corrected chi connectivity index (χ3v) is 5.77. The topological polar surface area (TPSA) is 149 Å². The molecule has 2 N–H and O–H groups in total. The number of benzene rings is 1. The van der Waals surface area contributed by atoms with Gasteiger partial charge in [-0.05, 0) is 32.0 Å². The summed E-state index contributed by atoms with van der Waals surface area (Å²) in [6.07, 6.45) is 0.983. The number of pyridine rings is 1. The number of carbonyl (C=O) groups excluding carboxylic acids is 1. The molecule has 3 aromatic rings. The van der Waals surface area contributed by atoms with E-state index in [0.29, 0.717) is 28.0 Å². The molecule has 0 aliphatic heterocycles. The number of nitrogens with zero attached hydrogens (tertiary/aromatic N) is 4. The Morgan fingerprint density at radius 2 is 1.94 bits per heavy atom. The number of amides is 1. The van der Waals surface area contributed by atoms with Crippen LogP contribution in [0.4, 0.5) is 11.4 Å². The maximum Gasteiger partial charge on any atom is 0.293 e. The number of hydrogen-bond donors (Lipinski definition) is 2. The summed E-state index contributed by atoms with van der Waals surface area (Å²) in [6.45, 7) is 3.98. The lowest BCUT2D eigenvalue weighted by Gasteiger charge is -2.10. The summed E-state index contributed by atoms with van der Waals surface area (Å²) in [5, 5.41) is 21.9. The summed E-state index contributed by atoms with van der Waals surface area (Å²) in [6, 6.07) is 5.34. The molecule has 0 spiro atoms. The van der Waals surface area contributed by atoms with E-state index in [2.05, 4.69) is 20.7 Å². The van der Waals surface area contributed by atoms with E-state index in [-0.39, 0.29) is 35.3 Å². The number of anilines is 1. The molecule has 0 unspecified atom stereocenters. The van der Waals surface area contributed by atoms with Crippen molar-refractivity contribution >= 4 is 38.2 Å². The number of hydrogen-bond acceptors (Lipinski definition) is 8. The maximum absolute atomic E-state index is 12.7. The lowest BCUT2D eigenvalue weighted by Crippen LogP contribution is -2.29. The van der Waals surface area contributed by atoms with Gasteiger partial charge >= 0.3 is 0 Å². The summed E-state index contributed by atoms with van der Waals surface area (Å²) in [5.41, 5.74) is 2.25. The summed E-state index contributed by atoms with van der Waals surface area (Å²) in [5.74, 6) is -0.310. The first-order valence-corrected chi connectivity index (χ1v) is 11.2. The Balaban J connectivity index is 1.71. The van der Waals surface area contributed by atoms with Gasteiger partial charge in [-0.2, -0.15) is 5.10 Å². The molecule has 1 aromatic carbocycles. The van der Waals surface area contributed by atoms with Gasteiger partial charge in [0.25, 0.3) is 11.6 Å². The van der Waals surface area contributed by atoms with E-state index >= 15 is 0 Å². The second-order valence-corrected chi connectivity index (χ2v) is 9.13. The first kappa shape index (κ1) is 22.2. The highest BCUT2D eigenvalue weighted by Crippen LogP contribution is 2.27. The van der Waals surface area contributed by atoms with Crippen molar-refractivity contribution in [3.05, 3.63) is 51.3 Å². The van der Waals surface area contributed by atoms with Crippen LogP contribution in [-0.2, 0) is 16.9 Å². The molecule has 0 saturated carbocycles. The zero-order chi connectivity index (χ0) is 22.9. The van der Waals surface area contributed by atoms with Crippen LogP contribution in [0.25, 0.3) is 11.0 Å². The van der Waals surface area contributed by atoms with Crippen molar-refractivity contribution in [2.75, 3.05) is 24.7 Å². The van der Waals surface area contributed by atoms with E-state index in [1.54, 1.807) is 31.6 Å². The van der Waals surface area contributed by atoms with Crippen LogP contribution in [0.2, 0.25) is 0 Å². The van der Waals surface area contributed by atoms with Gasteiger partial charge < -0.3 is 10.6 Å². The highest BCUT2D eigenvalue weighted by atomic mass is 32.2. The molecule has 0 aliphatic rings. The van der Waals surface area contributed by atoms with Crippen molar-refractivity contribution in [1.29, 1.82) is 0 Å². The summed E-state index contributed by atoms with van der Waals surface area (Å²) in [7, 11) is -1.81. The highest BCUT2D eigenvalue weighted by molar-refractivity contribution is 7.90. The van der Waals surface area contributed by atoms with Gasteiger partial charge in [0, 0.05) is 38.2 Å². The van der Waals surface area contributed by atoms with Crippen molar-refractivity contribution in [2.45, 2.75) is 18.7 Å². The molecule has 2 aromatic heterocycles. The monoisotopic (exact) mass is 446 g/mol. The molecule has 0 bridgehead atoms. The molecular formula is C19H22N6O5S. The predicted octanol–water partition coefficient (Wildman–Crippen LogP) is 1.74. The second kappa shape index (κ2) is 8.30. The lowest BCUT2D eigenvalue weighted by atomic mass is 10.1. The number of nitro benzene ring substituents is 1. The van der Waals surface area contributed by atoms with Crippen LogP contribution >= 0.6 is 0 Å². The number of sulfone groups is 1. The lowest BCUT2D eigenvalue weighted by molar-refractivity contribution is -0.384. The van der Waals surface area contributed by atoms with Crippen LogP contribution in [0.1, 0.15) is 21.7 Å². The van der Waals surface area contributed by atoms with Crippen molar-refractivity contribution in [3.8, 4) is 0 Å². The van der Waals surface area contributed by atoms with Gasteiger partial charge in [0.1, 0.15) is 5.69 Å². The Morgan fingerprint density at radius 1 is 1.23 bits per heavy atom. The molecule has 0 fully saturated rings. The molecular weight excluding hydrogens is 424 g/mol. The van der Waals surface area contributed by atoms with Gasteiger partial charge in [-0.1, -0.05) is 0 Å². The quantitative estimate of drug-likeness (QED) is 0.317. The smallest absolute Gasteiger partial charge is 0.293 e. The Hall–Kier alpha value is -3.54. The van der Waals surface area contributed by atoms with Gasteiger partial charge in [-0.15, -0.1) is 0 Å². The molecule has 31 heavy (non-hydrogen) atoms. The standard InChI is InChI=1S/C19H22N6O5S/c1-11-9-14(17-12(2)23-24(3)18(17)22-11)19(26)21-8-7-20-15-6-5-13(31(4,29)30)10-16(15)25(27)28/h5-6,9-10,20H,7-8H2,1-4H3,(H,21,26). The van der Waals surface area contributed by atoms with Crippen molar-refractivity contribution in [1.82, 2.24) is 20.1 Å².